The summed E-state index contributed by atoms with van der Waals surface area (Å²) in [5, 5.41) is 2.87. The van der Waals surface area contributed by atoms with Crippen LogP contribution in [0, 0.1) is 6.92 Å². The SMILES string of the molecule is COc1ccc(OC)c(N(CC(=O)N[C@@H](C)c2ccc(OC)c(OC)c2)S(=O)(=O)c2ccc(C)cc2)c1. The maximum absolute atomic E-state index is 13.8. The molecule has 0 aliphatic heterocycles. The quantitative estimate of drug-likeness (QED) is 0.400. The van der Waals surface area contributed by atoms with E-state index < -0.39 is 28.5 Å². The molecule has 10 heteroatoms. The van der Waals surface area contributed by atoms with Gasteiger partial charge in [-0.2, -0.15) is 0 Å². The Balaban J connectivity index is 1.97. The molecule has 0 bridgehead atoms. The van der Waals surface area contributed by atoms with Crippen molar-refractivity contribution in [2.75, 3.05) is 39.3 Å². The average Bonchev–Trinajstić information content (AvgIpc) is 2.90. The lowest BCUT2D eigenvalue weighted by molar-refractivity contribution is -0.120. The molecule has 0 saturated carbocycles. The van der Waals surface area contributed by atoms with Crippen molar-refractivity contribution in [3.63, 3.8) is 0 Å². The molecule has 0 aliphatic rings. The number of anilines is 1. The van der Waals surface area contributed by atoms with E-state index in [1.807, 2.05) is 6.92 Å². The molecule has 0 aromatic heterocycles. The van der Waals surface area contributed by atoms with Crippen molar-refractivity contribution in [2.24, 2.45) is 0 Å². The molecule has 0 heterocycles. The number of amides is 1. The number of aryl methyl sites for hydroxylation is 1. The van der Waals surface area contributed by atoms with Crippen molar-refractivity contribution in [1.29, 1.82) is 0 Å². The number of hydrogen-bond acceptors (Lipinski definition) is 7. The smallest absolute Gasteiger partial charge is 0.264 e. The number of nitrogens with one attached hydrogen (secondary N) is 1. The van der Waals surface area contributed by atoms with E-state index in [4.69, 9.17) is 18.9 Å². The fourth-order valence-electron chi connectivity index (χ4n) is 3.75. The lowest BCUT2D eigenvalue weighted by Gasteiger charge is -2.27. The first-order valence-corrected chi connectivity index (χ1v) is 12.9. The van der Waals surface area contributed by atoms with Crippen molar-refractivity contribution in [3.05, 3.63) is 71.8 Å². The Hall–Kier alpha value is -3.92. The predicted molar refractivity (Wildman–Crippen MR) is 141 cm³/mol. The van der Waals surface area contributed by atoms with Gasteiger partial charge >= 0.3 is 0 Å². The Morgan fingerprint density at radius 3 is 2.05 bits per heavy atom. The van der Waals surface area contributed by atoms with Gasteiger partial charge in [-0.25, -0.2) is 8.42 Å². The minimum atomic E-state index is -4.14. The average molecular weight is 529 g/mol. The third-order valence-corrected chi connectivity index (χ3v) is 7.61. The van der Waals surface area contributed by atoms with Crippen LogP contribution in [0.25, 0.3) is 0 Å². The van der Waals surface area contributed by atoms with E-state index in [0.29, 0.717) is 17.2 Å². The highest BCUT2D eigenvalue weighted by Crippen LogP contribution is 2.36. The third kappa shape index (κ3) is 6.26. The summed E-state index contributed by atoms with van der Waals surface area (Å²) in [5.74, 6) is 1.26. The molecule has 0 radical (unpaired) electrons. The van der Waals surface area contributed by atoms with E-state index >= 15 is 0 Å². The number of nitrogens with zero attached hydrogens (tertiary/aromatic N) is 1. The molecule has 198 valence electrons. The van der Waals surface area contributed by atoms with Crippen molar-refractivity contribution in [2.45, 2.75) is 24.8 Å². The first kappa shape index (κ1) is 27.7. The fraction of sp³-hybridized carbons (Fsp3) is 0.296. The first-order valence-electron chi connectivity index (χ1n) is 11.5. The van der Waals surface area contributed by atoms with Crippen LogP contribution >= 0.6 is 0 Å². The van der Waals surface area contributed by atoms with E-state index in [1.165, 1.54) is 39.5 Å². The summed E-state index contributed by atoms with van der Waals surface area (Å²) >= 11 is 0. The molecule has 9 nitrogen and oxygen atoms in total. The highest BCUT2D eigenvalue weighted by molar-refractivity contribution is 7.92. The molecule has 37 heavy (non-hydrogen) atoms. The Labute approximate surface area is 218 Å². The minimum absolute atomic E-state index is 0.0451. The van der Waals surface area contributed by atoms with Crippen LogP contribution < -0.4 is 28.6 Å². The lowest BCUT2D eigenvalue weighted by Crippen LogP contribution is -2.41. The van der Waals surface area contributed by atoms with Crippen LogP contribution in [0.1, 0.15) is 24.1 Å². The van der Waals surface area contributed by atoms with E-state index in [-0.39, 0.29) is 16.3 Å². The largest absolute Gasteiger partial charge is 0.497 e. The topological polar surface area (TPSA) is 103 Å². The molecule has 0 unspecified atom stereocenters. The Morgan fingerprint density at radius 2 is 1.46 bits per heavy atom. The molecule has 1 amide bonds. The summed E-state index contributed by atoms with van der Waals surface area (Å²) in [6.07, 6.45) is 0. The number of methoxy groups -OCH3 is 4. The maximum Gasteiger partial charge on any atom is 0.264 e. The molecule has 0 aliphatic carbocycles. The predicted octanol–water partition coefficient (Wildman–Crippen LogP) is 4.10. The number of carbonyl (C=O) groups is 1. The van der Waals surface area contributed by atoms with Gasteiger partial charge in [-0.15, -0.1) is 0 Å². The number of benzene rings is 3. The molecular formula is C27H32N2O7S. The van der Waals surface area contributed by atoms with E-state index in [1.54, 1.807) is 56.5 Å². The van der Waals surface area contributed by atoms with Crippen molar-refractivity contribution < 1.29 is 32.2 Å². The summed E-state index contributed by atoms with van der Waals surface area (Å²) in [6, 6.07) is 16.1. The summed E-state index contributed by atoms with van der Waals surface area (Å²) in [7, 11) is 1.83. The fourth-order valence-corrected chi connectivity index (χ4v) is 5.18. The Kier molecular flexibility index (Phi) is 8.88. The zero-order valence-corrected chi connectivity index (χ0v) is 22.6. The second kappa shape index (κ2) is 11.9. The van der Waals surface area contributed by atoms with Gasteiger partial charge in [-0.05, 0) is 55.8 Å². The van der Waals surface area contributed by atoms with Gasteiger partial charge in [0, 0.05) is 6.07 Å². The van der Waals surface area contributed by atoms with E-state index in [2.05, 4.69) is 5.32 Å². The van der Waals surface area contributed by atoms with Crippen LogP contribution in [0.2, 0.25) is 0 Å². The van der Waals surface area contributed by atoms with Gasteiger partial charge in [-0.1, -0.05) is 23.8 Å². The van der Waals surface area contributed by atoms with Crippen LogP contribution in [-0.4, -0.2) is 49.3 Å². The van der Waals surface area contributed by atoms with Gasteiger partial charge < -0.3 is 24.3 Å². The van der Waals surface area contributed by atoms with Gasteiger partial charge in [0.2, 0.25) is 5.91 Å². The van der Waals surface area contributed by atoms with Crippen molar-refractivity contribution in [1.82, 2.24) is 5.32 Å². The molecular weight excluding hydrogens is 496 g/mol. The van der Waals surface area contributed by atoms with Crippen LogP contribution in [0.4, 0.5) is 5.69 Å². The van der Waals surface area contributed by atoms with E-state index in [9.17, 15) is 13.2 Å². The van der Waals surface area contributed by atoms with Crippen LogP contribution in [0.3, 0.4) is 0 Å². The normalized spacial score (nSPS) is 11.8. The molecule has 1 atom stereocenters. The summed E-state index contributed by atoms with van der Waals surface area (Å²) < 4.78 is 49.9. The zero-order valence-electron chi connectivity index (χ0n) is 21.8. The first-order chi connectivity index (χ1) is 17.6. The van der Waals surface area contributed by atoms with Crippen LogP contribution in [0.15, 0.2) is 65.6 Å². The van der Waals surface area contributed by atoms with Crippen molar-refractivity contribution in [3.8, 4) is 23.0 Å². The Bertz CT molecular complexity index is 1340. The minimum Gasteiger partial charge on any atom is -0.497 e. The lowest BCUT2D eigenvalue weighted by atomic mass is 10.1. The van der Waals surface area contributed by atoms with Gasteiger partial charge in [0.25, 0.3) is 10.0 Å². The standard InChI is InChI=1S/C27H32N2O7S/c1-18-7-11-22(12-8-18)37(31,32)29(23-16-21(33-3)10-14-24(23)34-4)17-27(30)28-19(2)20-9-13-25(35-5)26(15-20)36-6/h7-16,19H,17H2,1-6H3,(H,28,30)/t19-/m0/s1. The zero-order chi connectivity index (χ0) is 27.2. The Morgan fingerprint density at radius 1 is 0.838 bits per heavy atom. The highest BCUT2D eigenvalue weighted by atomic mass is 32.2. The molecule has 0 fully saturated rings. The van der Waals surface area contributed by atoms with Crippen LogP contribution in [0.5, 0.6) is 23.0 Å². The molecule has 3 aromatic carbocycles. The summed E-state index contributed by atoms with van der Waals surface area (Å²) in [5.41, 5.74) is 1.85. The molecule has 0 saturated heterocycles. The molecule has 1 N–H and O–H groups in total. The number of carbonyl (C=O) groups excluding carboxylic acids is 1. The van der Waals surface area contributed by atoms with E-state index in [0.717, 1.165) is 15.4 Å². The van der Waals surface area contributed by atoms with Crippen LogP contribution in [-0.2, 0) is 14.8 Å². The number of ether oxygens (including phenoxy) is 4. The summed E-state index contributed by atoms with van der Waals surface area (Å²) in [6.45, 7) is 3.17. The third-order valence-electron chi connectivity index (χ3n) is 5.84. The second-order valence-corrected chi connectivity index (χ2v) is 10.1. The second-order valence-electron chi connectivity index (χ2n) is 8.27. The van der Waals surface area contributed by atoms with Gasteiger partial charge in [0.15, 0.2) is 11.5 Å². The van der Waals surface area contributed by atoms with Gasteiger partial charge in [-0.3, -0.25) is 9.10 Å². The highest BCUT2D eigenvalue weighted by Gasteiger charge is 2.30. The molecule has 3 aromatic rings. The number of sulfonamides is 1. The molecule has 3 rings (SSSR count). The summed E-state index contributed by atoms with van der Waals surface area (Å²) in [4.78, 5) is 13.3. The number of rotatable bonds is 11. The van der Waals surface area contributed by atoms with Gasteiger partial charge in [0.1, 0.15) is 18.0 Å². The monoisotopic (exact) mass is 528 g/mol. The van der Waals surface area contributed by atoms with Crippen molar-refractivity contribution >= 4 is 21.6 Å². The maximum atomic E-state index is 13.8. The van der Waals surface area contributed by atoms with Gasteiger partial charge in [0.05, 0.1) is 45.1 Å². The number of hydrogen-bond donors (Lipinski definition) is 1. The molecule has 0 spiro atoms.